The second kappa shape index (κ2) is 19.4. The molecule has 14 nitrogen and oxygen atoms in total. The van der Waals surface area contributed by atoms with Gasteiger partial charge in [0.25, 0.3) is 0 Å². The molecule has 4 N–H and O–H groups in total. The van der Waals surface area contributed by atoms with E-state index in [4.69, 9.17) is 14.5 Å². The molecule has 0 saturated carbocycles. The van der Waals surface area contributed by atoms with E-state index in [1.807, 2.05) is 44.2 Å². The van der Waals surface area contributed by atoms with Crippen LogP contribution in [0.4, 0.5) is 9.59 Å². The first-order valence-corrected chi connectivity index (χ1v) is 21.5. The van der Waals surface area contributed by atoms with Crippen LogP contribution < -0.4 is 10.6 Å². The second-order valence-corrected chi connectivity index (χ2v) is 16.8. The van der Waals surface area contributed by atoms with Gasteiger partial charge in [-0.3, -0.25) is 9.59 Å². The van der Waals surface area contributed by atoms with E-state index in [1.165, 1.54) is 12.7 Å². The Kier molecular flexibility index (Phi) is 13.6. The number of imidazole rings is 2. The van der Waals surface area contributed by atoms with Crippen molar-refractivity contribution in [1.29, 1.82) is 0 Å². The smallest absolute Gasteiger partial charge is 0.408 e. The first-order valence-electron chi connectivity index (χ1n) is 21.5. The number of methoxy groups -OCH3 is 1. The standard InChI is InChI=1S/C49H56N8O6/c1-7-22-56(43(58)28-51-47(60)63-49(3,4)5)30-42-52-39-21-19-36-25-35(18-20-38(36)45(39)54-42)32-14-15-34-26-37(17-16-33(34)24-32)40-27-50-41(53-40)29-57(23-8-2)46(59)44(55-48(61)62-6)31-12-10-9-11-13-31/h9-18,20,24-27,44H,7-8,19,21-23,28-30H2,1-6H3,(H,50,53)(H,51,60)(H,52,54)(H,55,61)/t44-/m1/s1. The number of aromatic amines is 2. The average molecular weight is 853 g/mol. The molecule has 328 valence electrons. The molecule has 4 aromatic carbocycles. The van der Waals surface area contributed by atoms with Crippen molar-refractivity contribution >= 4 is 34.8 Å². The largest absolute Gasteiger partial charge is 0.453 e. The summed E-state index contributed by atoms with van der Waals surface area (Å²) < 4.78 is 10.1. The molecule has 1 atom stereocenters. The number of hydrogen-bond donors (Lipinski definition) is 4. The van der Waals surface area contributed by atoms with E-state index in [0.717, 1.165) is 75.8 Å². The number of aryl methyl sites for hydroxylation is 2. The van der Waals surface area contributed by atoms with Crippen LogP contribution in [0.15, 0.2) is 91.1 Å². The number of carbonyl (C=O) groups excluding carboxylic acids is 4. The second-order valence-electron chi connectivity index (χ2n) is 16.8. The quantitative estimate of drug-likeness (QED) is 0.0796. The van der Waals surface area contributed by atoms with Gasteiger partial charge >= 0.3 is 12.2 Å². The minimum absolute atomic E-state index is 0.151. The maximum absolute atomic E-state index is 13.9. The van der Waals surface area contributed by atoms with Crippen LogP contribution in [0.1, 0.15) is 82.0 Å². The van der Waals surface area contributed by atoms with E-state index in [-0.39, 0.29) is 24.9 Å². The molecule has 7 rings (SSSR count). The van der Waals surface area contributed by atoms with Crippen molar-refractivity contribution in [3.8, 4) is 33.6 Å². The Hall–Kier alpha value is -6.96. The van der Waals surface area contributed by atoms with Crippen LogP contribution in [0, 0.1) is 0 Å². The zero-order valence-electron chi connectivity index (χ0n) is 36.8. The number of H-pyrrole nitrogens is 2. The Labute approximate surface area is 367 Å². The lowest BCUT2D eigenvalue weighted by atomic mass is 9.89. The van der Waals surface area contributed by atoms with E-state index < -0.39 is 23.8 Å². The summed E-state index contributed by atoms with van der Waals surface area (Å²) in [4.78, 5) is 71.3. The molecule has 0 saturated heterocycles. The van der Waals surface area contributed by atoms with Crippen molar-refractivity contribution < 1.29 is 28.7 Å². The van der Waals surface area contributed by atoms with Crippen molar-refractivity contribution in [3.05, 3.63) is 120 Å². The predicted octanol–water partition coefficient (Wildman–Crippen LogP) is 8.48. The molecule has 63 heavy (non-hydrogen) atoms. The highest BCUT2D eigenvalue weighted by Crippen LogP contribution is 2.36. The maximum Gasteiger partial charge on any atom is 0.408 e. The molecule has 2 aromatic heterocycles. The lowest BCUT2D eigenvalue weighted by Gasteiger charge is -2.27. The number of fused-ring (bicyclic) bond motifs is 4. The van der Waals surface area contributed by atoms with E-state index in [1.54, 1.807) is 36.8 Å². The van der Waals surface area contributed by atoms with Crippen LogP contribution in [0.3, 0.4) is 0 Å². The monoisotopic (exact) mass is 852 g/mol. The number of carbonyl (C=O) groups is 4. The van der Waals surface area contributed by atoms with E-state index in [2.05, 4.69) is 80.2 Å². The summed E-state index contributed by atoms with van der Waals surface area (Å²) in [5, 5.41) is 7.46. The minimum atomic E-state index is -0.903. The van der Waals surface area contributed by atoms with Gasteiger partial charge in [-0.2, -0.15) is 0 Å². The number of ether oxygens (including phenoxy) is 2. The minimum Gasteiger partial charge on any atom is -0.453 e. The molecule has 0 bridgehead atoms. The molecule has 1 aliphatic carbocycles. The summed E-state index contributed by atoms with van der Waals surface area (Å²) in [5.41, 5.74) is 8.34. The van der Waals surface area contributed by atoms with Crippen LogP contribution in [0.25, 0.3) is 44.4 Å². The number of benzene rings is 4. The first kappa shape index (κ1) is 44.1. The third kappa shape index (κ3) is 10.7. The third-order valence-electron chi connectivity index (χ3n) is 10.9. The van der Waals surface area contributed by atoms with Gasteiger partial charge in [0.15, 0.2) is 0 Å². The number of nitrogens with one attached hydrogen (secondary N) is 4. The molecule has 0 unspecified atom stereocenters. The molecular formula is C49H56N8O6. The summed E-state index contributed by atoms with van der Waals surface area (Å²) in [6, 6.07) is 27.6. The third-order valence-corrected chi connectivity index (χ3v) is 10.9. The highest BCUT2D eigenvalue weighted by atomic mass is 16.6. The number of alkyl carbamates (subject to hydrolysis) is 2. The van der Waals surface area contributed by atoms with E-state index >= 15 is 0 Å². The molecule has 0 aliphatic heterocycles. The predicted molar refractivity (Wildman–Crippen MR) is 242 cm³/mol. The summed E-state index contributed by atoms with van der Waals surface area (Å²) in [6.45, 7) is 10.8. The van der Waals surface area contributed by atoms with Crippen LogP contribution in [-0.4, -0.2) is 86.1 Å². The van der Waals surface area contributed by atoms with Gasteiger partial charge in [-0.1, -0.05) is 86.6 Å². The zero-order chi connectivity index (χ0) is 44.7. The number of amides is 4. The van der Waals surface area contributed by atoms with E-state index in [9.17, 15) is 19.2 Å². The van der Waals surface area contributed by atoms with Crippen molar-refractivity contribution in [2.45, 2.75) is 85.0 Å². The SMILES string of the molecule is CCCN(Cc1nc2c([nH]1)CCc1cc(-c3ccc4cc(-c5cnc(CN(CCC)C(=O)[C@H](NC(=O)OC)c6ccccc6)[nH]5)ccc4c3)ccc1-2)C(=O)CNC(=O)OC(C)(C)C. The number of hydrogen-bond acceptors (Lipinski definition) is 8. The molecule has 14 heteroatoms. The van der Waals surface area contributed by atoms with Gasteiger partial charge in [-0.15, -0.1) is 0 Å². The molecule has 0 spiro atoms. The van der Waals surface area contributed by atoms with Crippen LogP contribution in [0.5, 0.6) is 0 Å². The summed E-state index contributed by atoms with van der Waals surface area (Å²) in [5.74, 6) is 0.899. The Morgan fingerprint density at radius 1 is 0.778 bits per heavy atom. The molecule has 4 amide bonds. The fourth-order valence-corrected chi connectivity index (χ4v) is 7.92. The van der Waals surface area contributed by atoms with Gasteiger partial charge in [0.1, 0.15) is 29.8 Å². The molecule has 0 radical (unpaired) electrons. The zero-order valence-corrected chi connectivity index (χ0v) is 36.8. The molecule has 0 fully saturated rings. The Morgan fingerprint density at radius 3 is 2.16 bits per heavy atom. The summed E-state index contributed by atoms with van der Waals surface area (Å²) in [6.07, 6.45) is 3.65. The molecule has 1 aliphatic rings. The van der Waals surface area contributed by atoms with Crippen molar-refractivity contribution in [1.82, 2.24) is 40.4 Å². The highest BCUT2D eigenvalue weighted by molar-refractivity contribution is 5.91. The maximum atomic E-state index is 13.9. The molecule has 6 aromatic rings. The van der Waals surface area contributed by atoms with Gasteiger partial charge in [-0.25, -0.2) is 19.6 Å². The summed E-state index contributed by atoms with van der Waals surface area (Å²) >= 11 is 0. The number of aromatic nitrogens is 4. The first-order chi connectivity index (χ1) is 30.3. The van der Waals surface area contributed by atoms with Crippen LogP contribution in [0.2, 0.25) is 0 Å². The molecular weight excluding hydrogens is 797 g/mol. The van der Waals surface area contributed by atoms with Crippen LogP contribution >= 0.6 is 0 Å². The number of rotatable bonds is 15. The van der Waals surface area contributed by atoms with Gasteiger partial charge in [0.05, 0.1) is 37.8 Å². The van der Waals surface area contributed by atoms with Gasteiger partial charge in [0.2, 0.25) is 11.8 Å². The van der Waals surface area contributed by atoms with Crippen molar-refractivity contribution in [2.75, 3.05) is 26.7 Å². The van der Waals surface area contributed by atoms with Gasteiger partial charge < -0.3 is 39.9 Å². The van der Waals surface area contributed by atoms with Crippen molar-refractivity contribution in [3.63, 3.8) is 0 Å². The Bertz CT molecular complexity index is 2590. The Morgan fingerprint density at radius 2 is 1.44 bits per heavy atom. The lowest BCUT2D eigenvalue weighted by molar-refractivity contribution is -0.134. The van der Waals surface area contributed by atoms with Gasteiger partial charge in [-0.05, 0) is 91.6 Å². The Balaban J connectivity index is 1.03. The lowest BCUT2D eigenvalue weighted by Crippen LogP contribution is -2.43. The fraction of sp³-hybridized carbons (Fsp3) is 0.347. The topological polar surface area (TPSA) is 175 Å². The molecule has 2 heterocycles. The normalized spacial score (nSPS) is 12.5. The van der Waals surface area contributed by atoms with Crippen molar-refractivity contribution in [2.24, 2.45) is 0 Å². The fourth-order valence-electron chi connectivity index (χ4n) is 7.92. The summed E-state index contributed by atoms with van der Waals surface area (Å²) in [7, 11) is 1.28. The van der Waals surface area contributed by atoms with Crippen LogP contribution in [-0.2, 0) is 45.0 Å². The highest BCUT2D eigenvalue weighted by Gasteiger charge is 2.29. The average Bonchev–Trinajstić information content (AvgIpc) is 3.93. The van der Waals surface area contributed by atoms with E-state index in [0.29, 0.717) is 36.8 Å². The number of nitrogens with zero attached hydrogens (tertiary/aromatic N) is 4. The van der Waals surface area contributed by atoms with Gasteiger partial charge in [0, 0.05) is 29.9 Å².